The van der Waals surface area contributed by atoms with Crippen molar-refractivity contribution in [2.45, 2.75) is 6.92 Å². The summed E-state index contributed by atoms with van der Waals surface area (Å²) in [5.41, 5.74) is 2.02. The number of hydrogen-bond donors (Lipinski definition) is 1. The van der Waals surface area contributed by atoms with Gasteiger partial charge in [0.1, 0.15) is 0 Å². The first-order valence-corrected chi connectivity index (χ1v) is 6.48. The molecule has 0 atom stereocenters. The Morgan fingerprint density at radius 3 is 2.10 bits per heavy atom. The molecule has 0 heterocycles. The number of allylic oxidation sites excluding steroid dienone is 5. The average molecular weight is 287 g/mol. The molecular formula is C17H21NO3. The second-order valence-electron chi connectivity index (χ2n) is 4.25. The van der Waals surface area contributed by atoms with Crippen LogP contribution >= 0.6 is 0 Å². The van der Waals surface area contributed by atoms with Gasteiger partial charge in [0.25, 0.3) is 0 Å². The molecule has 112 valence electrons. The minimum atomic E-state index is 0.582. The van der Waals surface area contributed by atoms with Crippen LogP contribution in [-0.2, 0) is 0 Å². The van der Waals surface area contributed by atoms with Gasteiger partial charge in [-0.05, 0) is 30.7 Å². The van der Waals surface area contributed by atoms with Crippen LogP contribution in [0.4, 0.5) is 0 Å². The van der Waals surface area contributed by atoms with E-state index in [1.165, 1.54) is 6.21 Å². The third-order valence-electron chi connectivity index (χ3n) is 2.79. The van der Waals surface area contributed by atoms with E-state index < -0.39 is 0 Å². The third-order valence-corrected chi connectivity index (χ3v) is 2.79. The van der Waals surface area contributed by atoms with Crippen molar-refractivity contribution in [3.63, 3.8) is 0 Å². The maximum absolute atomic E-state index is 6.91. The lowest BCUT2D eigenvalue weighted by Gasteiger charge is -2.12. The first-order chi connectivity index (χ1) is 10.2. The van der Waals surface area contributed by atoms with E-state index in [0.717, 1.165) is 11.1 Å². The zero-order valence-corrected chi connectivity index (χ0v) is 12.8. The molecule has 0 bridgehead atoms. The number of rotatable bonds is 7. The molecule has 1 N–H and O–H groups in total. The molecule has 0 fully saturated rings. The van der Waals surface area contributed by atoms with Crippen LogP contribution in [0.1, 0.15) is 12.5 Å². The van der Waals surface area contributed by atoms with Gasteiger partial charge in [0.2, 0.25) is 5.75 Å². The van der Waals surface area contributed by atoms with Gasteiger partial charge in [-0.3, -0.25) is 0 Å². The topological polar surface area (TPSA) is 51.5 Å². The van der Waals surface area contributed by atoms with Crippen LogP contribution in [0.25, 0.3) is 6.08 Å². The predicted molar refractivity (Wildman–Crippen MR) is 86.8 cm³/mol. The fourth-order valence-corrected chi connectivity index (χ4v) is 1.74. The summed E-state index contributed by atoms with van der Waals surface area (Å²) < 4.78 is 15.9. The molecule has 4 nitrogen and oxygen atoms in total. The zero-order valence-electron chi connectivity index (χ0n) is 12.8. The monoisotopic (exact) mass is 287 g/mol. The lowest BCUT2D eigenvalue weighted by atomic mass is 10.1. The van der Waals surface area contributed by atoms with Crippen molar-refractivity contribution in [1.29, 1.82) is 5.41 Å². The van der Waals surface area contributed by atoms with Crippen LogP contribution in [0.15, 0.2) is 42.0 Å². The van der Waals surface area contributed by atoms with Crippen molar-refractivity contribution in [1.82, 2.24) is 0 Å². The molecular weight excluding hydrogens is 266 g/mol. The summed E-state index contributed by atoms with van der Waals surface area (Å²) in [7, 11) is 4.77. The summed E-state index contributed by atoms with van der Waals surface area (Å²) in [6, 6.07) is 3.77. The van der Waals surface area contributed by atoms with Crippen LogP contribution in [0.5, 0.6) is 17.2 Å². The first kappa shape index (κ1) is 16.6. The Morgan fingerprint density at radius 1 is 1.00 bits per heavy atom. The van der Waals surface area contributed by atoms with Crippen LogP contribution in [-0.4, -0.2) is 27.5 Å². The summed E-state index contributed by atoms with van der Waals surface area (Å²) in [6.45, 7) is 1.99. The lowest BCUT2D eigenvalue weighted by molar-refractivity contribution is 0.324. The quantitative estimate of drug-likeness (QED) is 0.611. The lowest BCUT2D eigenvalue weighted by Crippen LogP contribution is -1.95. The van der Waals surface area contributed by atoms with Crippen LogP contribution < -0.4 is 14.2 Å². The Kier molecular flexibility index (Phi) is 6.81. The summed E-state index contributed by atoms with van der Waals surface area (Å²) >= 11 is 0. The second kappa shape index (κ2) is 8.64. The number of benzene rings is 1. The molecule has 1 aromatic carbocycles. The predicted octanol–water partition coefficient (Wildman–Crippen LogP) is 3.88. The maximum atomic E-state index is 6.91. The highest BCUT2D eigenvalue weighted by Crippen LogP contribution is 2.38. The molecule has 0 spiro atoms. The largest absolute Gasteiger partial charge is 0.493 e. The summed E-state index contributed by atoms with van der Waals surface area (Å²) in [5.74, 6) is 1.84. The minimum absolute atomic E-state index is 0.582. The van der Waals surface area contributed by atoms with Gasteiger partial charge in [0.15, 0.2) is 11.5 Å². The van der Waals surface area contributed by atoms with Crippen molar-refractivity contribution in [3.8, 4) is 17.2 Å². The number of methoxy groups -OCH3 is 3. The Morgan fingerprint density at radius 2 is 1.62 bits per heavy atom. The van der Waals surface area contributed by atoms with E-state index in [0.29, 0.717) is 17.2 Å². The van der Waals surface area contributed by atoms with E-state index in [9.17, 15) is 0 Å². The van der Waals surface area contributed by atoms with E-state index in [-0.39, 0.29) is 0 Å². The van der Waals surface area contributed by atoms with Crippen molar-refractivity contribution in [2.75, 3.05) is 21.3 Å². The van der Waals surface area contributed by atoms with Gasteiger partial charge >= 0.3 is 0 Å². The van der Waals surface area contributed by atoms with Gasteiger partial charge in [0.05, 0.1) is 21.3 Å². The SMILES string of the molecule is COc1cc(/C=C/C(C)=C/C=C\C=N)cc(OC)c1OC. The summed E-state index contributed by atoms with van der Waals surface area (Å²) in [5, 5.41) is 6.91. The fraction of sp³-hybridized carbons (Fsp3) is 0.235. The second-order valence-corrected chi connectivity index (χ2v) is 4.25. The first-order valence-electron chi connectivity index (χ1n) is 6.48. The van der Waals surface area contributed by atoms with Crippen molar-refractivity contribution < 1.29 is 14.2 Å². The molecule has 21 heavy (non-hydrogen) atoms. The molecule has 0 radical (unpaired) electrons. The van der Waals surface area contributed by atoms with Gasteiger partial charge in [-0.15, -0.1) is 0 Å². The van der Waals surface area contributed by atoms with Gasteiger partial charge in [-0.1, -0.05) is 29.9 Å². The Balaban J connectivity index is 3.06. The molecule has 1 rings (SSSR count). The van der Waals surface area contributed by atoms with E-state index in [1.807, 2.05) is 43.4 Å². The normalized spacial score (nSPS) is 11.9. The van der Waals surface area contributed by atoms with Gasteiger partial charge in [-0.25, -0.2) is 0 Å². The Bertz CT molecular complexity index is 546. The molecule has 0 aliphatic rings. The van der Waals surface area contributed by atoms with Crippen LogP contribution in [0.2, 0.25) is 0 Å². The number of nitrogens with one attached hydrogen (secondary N) is 1. The van der Waals surface area contributed by atoms with E-state index in [4.69, 9.17) is 19.6 Å². The Labute approximate surface area is 125 Å². The van der Waals surface area contributed by atoms with Gasteiger partial charge < -0.3 is 19.6 Å². The number of hydrogen-bond acceptors (Lipinski definition) is 4. The van der Waals surface area contributed by atoms with E-state index in [1.54, 1.807) is 27.4 Å². The highest BCUT2D eigenvalue weighted by atomic mass is 16.5. The summed E-state index contributed by atoms with van der Waals surface area (Å²) in [6.07, 6.45) is 10.6. The molecule has 0 unspecified atom stereocenters. The van der Waals surface area contributed by atoms with Crippen molar-refractivity contribution in [2.24, 2.45) is 0 Å². The molecule has 1 aromatic rings. The molecule has 0 saturated heterocycles. The van der Waals surface area contributed by atoms with E-state index >= 15 is 0 Å². The highest BCUT2D eigenvalue weighted by Gasteiger charge is 2.11. The fourth-order valence-electron chi connectivity index (χ4n) is 1.74. The maximum Gasteiger partial charge on any atom is 0.203 e. The molecule has 0 amide bonds. The van der Waals surface area contributed by atoms with E-state index in [2.05, 4.69) is 0 Å². The smallest absolute Gasteiger partial charge is 0.203 e. The standard InChI is InChI=1S/C17H21NO3/c1-13(7-5-6-10-18)8-9-14-11-15(19-2)17(21-4)16(12-14)20-3/h5-12,18H,1-4H3/b6-5-,9-8+,13-7+,18-10?. The molecule has 0 saturated carbocycles. The molecule has 0 aliphatic heterocycles. The molecule has 0 aromatic heterocycles. The van der Waals surface area contributed by atoms with Crippen molar-refractivity contribution >= 4 is 12.3 Å². The van der Waals surface area contributed by atoms with Crippen LogP contribution in [0.3, 0.4) is 0 Å². The van der Waals surface area contributed by atoms with Crippen LogP contribution in [0, 0.1) is 5.41 Å². The minimum Gasteiger partial charge on any atom is -0.493 e. The Hall–Kier alpha value is -2.49. The third kappa shape index (κ3) is 4.84. The zero-order chi connectivity index (χ0) is 15.7. The molecule has 4 heteroatoms. The summed E-state index contributed by atoms with van der Waals surface area (Å²) in [4.78, 5) is 0. The van der Waals surface area contributed by atoms with Gasteiger partial charge in [0, 0.05) is 6.21 Å². The molecule has 0 aliphatic carbocycles. The van der Waals surface area contributed by atoms with Gasteiger partial charge in [-0.2, -0.15) is 0 Å². The average Bonchev–Trinajstić information content (AvgIpc) is 2.51. The number of ether oxygens (including phenoxy) is 3. The van der Waals surface area contributed by atoms with Crippen molar-refractivity contribution in [3.05, 3.63) is 47.6 Å². The highest BCUT2D eigenvalue weighted by molar-refractivity contribution is 5.68.